The second-order valence-electron chi connectivity index (χ2n) is 5.40. The Morgan fingerprint density at radius 3 is 2.36 bits per heavy atom. The predicted molar refractivity (Wildman–Crippen MR) is 89.6 cm³/mol. The molecule has 2 N–H and O–H groups in total. The first-order valence-corrected chi connectivity index (χ1v) is 7.97. The van der Waals surface area contributed by atoms with E-state index in [0.29, 0.717) is 15.6 Å². The van der Waals surface area contributed by atoms with Gasteiger partial charge in [-0.05, 0) is 35.4 Å². The van der Waals surface area contributed by atoms with E-state index in [1.54, 1.807) is 0 Å². The van der Waals surface area contributed by atoms with E-state index < -0.39 is 23.8 Å². The molecule has 2 rings (SSSR count). The van der Waals surface area contributed by atoms with Crippen molar-refractivity contribution in [1.29, 1.82) is 0 Å². The number of aliphatic hydroxyl groups excluding tert-OH is 1. The summed E-state index contributed by atoms with van der Waals surface area (Å²) in [6, 6.07) is 9.07. The number of amides is 1. The Hall–Kier alpha value is -1.76. The average Bonchev–Trinajstić information content (AvgIpc) is 2.51. The van der Waals surface area contributed by atoms with Crippen LogP contribution in [0.25, 0.3) is 0 Å². The van der Waals surface area contributed by atoms with E-state index in [0.717, 1.165) is 12.1 Å². The first kappa shape index (κ1) is 19.6. The van der Waals surface area contributed by atoms with Crippen molar-refractivity contribution in [3.63, 3.8) is 0 Å². The van der Waals surface area contributed by atoms with Crippen molar-refractivity contribution in [3.05, 3.63) is 69.2 Å². The quantitative estimate of drug-likeness (QED) is 0.793. The van der Waals surface area contributed by atoms with Crippen LogP contribution in [0, 0.1) is 0 Å². The molecule has 2 aromatic carbocycles. The lowest BCUT2D eigenvalue weighted by Gasteiger charge is -2.13. The van der Waals surface area contributed by atoms with Crippen molar-refractivity contribution < 1.29 is 23.1 Å². The summed E-state index contributed by atoms with van der Waals surface area (Å²) >= 11 is 11.7. The molecule has 0 aromatic heterocycles. The number of hydrogen-bond acceptors (Lipinski definition) is 2. The molecular formula is C17H14Cl2F3NO2. The first-order valence-electron chi connectivity index (χ1n) is 7.22. The summed E-state index contributed by atoms with van der Waals surface area (Å²) in [6.45, 7) is -0.117. The topological polar surface area (TPSA) is 49.3 Å². The normalized spacial score (nSPS) is 12.7. The van der Waals surface area contributed by atoms with Gasteiger partial charge < -0.3 is 10.4 Å². The largest absolute Gasteiger partial charge is 0.416 e. The summed E-state index contributed by atoms with van der Waals surface area (Å²) in [6.07, 6.45) is -5.73. The lowest BCUT2D eigenvalue weighted by molar-refractivity contribution is -0.137. The first-order chi connectivity index (χ1) is 11.6. The molecule has 2 aromatic rings. The highest BCUT2D eigenvalue weighted by Gasteiger charge is 2.30. The van der Waals surface area contributed by atoms with Crippen molar-refractivity contribution in [3.8, 4) is 0 Å². The van der Waals surface area contributed by atoms with Crippen LogP contribution in [0.1, 0.15) is 22.8 Å². The molecule has 0 fully saturated rings. The van der Waals surface area contributed by atoms with Gasteiger partial charge in [-0.3, -0.25) is 4.79 Å². The van der Waals surface area contributed by atoms with Crippen molar-refractivity contribution in [2.45, 2.75) is 18.7 Å². The minimum atomic E-state index is -4.46. The number of hydrogen-bond donors (Lipinski definition) is 2. The summed E-state index contributed by atoms with van der Waals surface area (Å²) < 4.78 is 38.0. The third kappa shape index (κ3) is 5.92. The van der Waals surface area contributed by atoms with Crippen molar-refractivity contribution >= 4 is 29.1 Å². The van der Waals surface area contributed by atoms with E-state index in [2.05, 4.69) is 5.32 Å². The molecule has 1 amide bonds. The van der Waals surface area contributed by atoms with Gasteiger partial charge in [-0.2, -0.15) is 13.2 Å². The molecule has 0 saturated carbocycles. The Balaban J connectivity index is 1.94. The smallest absolute Gasteiger partial charge is 0.387 e. The Bertz CT molecular complexity index is 746. The van der Waals surface area contributed by atoms with Gasteiger partial charge >= 0.3 is 6.18 Å². The van der Waals surface area contributed by atoms with Gasteiger partial charge in [-0.25, -0.2) is 0 Å². The molecule has 0 aliphatic heterocycles. The van der Waals surface area contributed by atoms with Crippen molar-refractivity contribution in [2.24, 2.45) is 0 Å². The number of aliphatic hydroxyl groups is 1. The van der Waals surface area contributed by atoms with Crippen LogP contribution < -0.4 is 5.32 Å². The third-order valence-corrected chi connectivity index (χ3v) is 3.82. The number of carbonyl (C=O) groups excluding carboxylic acids is 1. The van der Waals surface area contributed by atoms with Crippen LogP contribution in [-0.2, 0) is 17.4 Å². The van der Waals surface area contributed by atoms with Gasteiger partial charge in [-0.15, -0.1) is 0 Å². The molecule has 0 heterocycles. The van der Waals surface area contributed by atoms with Gasteiger partial charge in [0.25, 0.3) is 0 Å². The summed E-state index contributed by atoms with van der Waals surface area (Å²) in [5, 5.41) is 13.2. The Morgan fingerprint density at radius 1 is 1.12 bits per heavy atom. The van der Waals surface area contributed by atoms with E-state index in [1.165, 1.54) is 30.3 Å². The number of alkyl halides is 3. The molecular weight excluding hydrogens is 378 g/mol. The van der Waals surface area contributed by atoms with Crippen LogP contribution in [0.4, 0.5) is 13.2 Å². The number of benzene rings is 2. The fourth-order valence-corrected chi connectivity index (χ4v) is 2.74. The zero-order valence-electron chi connectivity index (χ0n) is 12.8. The molecule has 1 unspecified atom stereocenters. The summed E-state index contributed by atoms with van der Waals surface area (Å²) in [7, 11) is 0. The van der Waals surface area contributed by atoms with E-state index >= 15 is 0 Å². The van der Waals surface area contributed by atoms with Crippen LogP contribution in [0.15, 0.2) is 42.5 Å². The van der Waals surface area contributed by atoms with Gasteiger partial charge in [0.2, 0.25) is 5.91 Å². The lowest BCUT2D eigenvalue weighted by Crippen LogP contribution is -2.29. The second kappa shape index (κ2) is 8.08. The standard InChI is InChI=1S/C17H14Cl2F3NO2/c18-13-6-11(7-14(19)8-13)15(24)9-23-16(25)5-10-2-1-3-12(4-10)17(20,21)22/h1-4,6-8,15,24H,5,9H2,(H,23,25). The average molecular weight is 392 g/mol. The molecule has 0 saturated heterocycles. The summed E-state index contributed by atoms with van der Waals surface area (Å²) in [4.78, 5) is 11.9. The molecule has 0 aliphatic rings. The number of rotatable bonds is 5. The summed E-state index contributed by atoms with van der Waals surface area (Å²) in [5.41, 5.74) is -0.157. The van der Waals surface area contributed by atoms with E-state index in [9.17, 15) is 23.1 Å². The van der Waals surface area contributed by atoms with Gasteiger partial charge in [-0.1, -0.05) is 41.4 Å². The number of nitrogens with one attached hydrogen (secondary N) is 1. The van der Waals surface area contributed by atoms with E-state index in [1.807, 2.05) is 0 Å². The van der Waals surface area contributed by atoms with Gasteiger partial charge in [0.15, 0.2) is 0 Å². The molecule has 25 heavy (non-hydrogen) atoms. The van der Waals surface area contributed by atoms with Gasteiger partial charge in [0, 0.05) is 16.6 Å². The maximum atomic E-state index is 12.7. The minimum absolute atomic E-state index is 0.117. The molecule has 8 heteroatoms. The number of halogens is 5. The maximum absolute atomic E-state index is 12.7. The van der Waals surface area contributed by atoms with Gasteiger partial charge in [0.1, 0.15) is 0 Å². The van der Waals surface area contributed by atoms with E-state index in [-0.39, 0.29) is 18.5 Å². The maximum Gasteiger partial charge on any atom is 0.416 e. The Labute approximate surface area is 152 Å². The lowest BCUT2D eigenvalue weighted by atomic mass is 10.1. The van der Waals surface area contributed by atoms with E-state index in [4.69, 9.17) is 23.2 Å². The molecule has 0 radical (unpaired) electrons. The molecule has 134 valence electrons. The van der Waals surface area contributed by atoms with Gasteiger partial charge in [0.05, 0.1) is 18.1 Å². The molecule has 1 atom stereocenters. The van der Waals surface area contributed by atoms with Crippen LogP contribution in [0.5, 0.6) is 0 Å². The monoisotopic (exact) mass is 391 g/mol. The highest BCUT2D eigenvalue weighted by atomic mass is 35.5. The van der Waals surface area contributed by atoms with Crippen LogP contribution in [0.2, 0.25) is 10.0 Å². The second-order valence-corrected chi connectivity index (χ2v) is 6.27. The molecule has 0 bridgehead atoms. The van der Waals surface area contributed by atoms with Crippen molar-refractivity contribution in [2.75, 3.05) is 6.54 Å². The highest BCUT2D eigenvalue weighted by Crippen LogP contribution is 2.29. The third-order valence-electron chi connectivity index (χ3n) is 3.38. The minimum Gasteiger partial charge on any atom is -0.387 e. The Morgan fingerprint density at radius 2 is 1.76 bits per heavy atom. The Kier molecular flexibility index (Phi) is 6.32. The number of carbonyl (C=O) groups is 1. The molecule has 0 spiro atoms. The molecule has 0 aliphatic carbocycles. The predicted octanol–water partition coefficient (Wildman–Crippen LogP) is 4.40. The fraction of sp³-hybridized carbons (Fsp3) is 0.235. The SMILES string of the molecule is O=C(Cc1cccc(C(F)(F)F)c1)NCC(O)c1cc(Cl)cc(Cl)c1. The zero-order valence-corrected chi connectivity index (χ0v) is 14.3. The zero-order chi connectivity index (χ0) is 18.6. The van der Waals surface area contributed by atoms with Crippen molar-refractivity contribution in [1.82, 2.24) is 5.32 Å². The highest BCUT2D eigenvalue weighted by molar-refractivity contribution is 6.34. The van der Waals surface area contributed by atoms with Crippen LogP contribution >= 0.6 is 23.2 Å². The van der Waals surface area contributed by atoms with Crippen LogP contribution in [-0.4, -0.2) is 17.6 Å². The molecule has 3 nitrogen and oxygen atoms in total. The fourth-order valence-electron chi connectivity index (χ4n) is 2.20. The van der Waals surface area contributed by atoms with Crippen LogP contribution in [0.3, 0.4) is 0 Å². The summed E-state index contributed by atoms with van der Waals surface area (Å²) in [5.74, 6) is -0.508.